The van der Waals surface area contributed by atoms with Gasteiger partial charge in [0, 0.05) is 25.3 Å². The van der Waals surface area contributed by atoms with Gasteiger partial charge in [-0.25, -0.2) is 0 Å². The molecule has 0 fully saturated rings. The Morgan fingerprint density at radius 2 is 2.05 bits per heavy atom. The Hall–Kier alpha value is -0.610. The van der Waals surface area contributed by atoms with Crippen LogP contribution < -0.4 is 5.32 Å². The van der Waals surface area contributed by atoms with E-state index >= 15 is 0 Å². The van der Waals surface area contributed by atoms with Crippen LogP contribution in [0.5, 0.6) is 0 Å². The summed E-state index contributed by atoms with van der Waals surface area (Å²) < 4.78 is 10.7. The third-order valence-electron chi connectivity index (χ3n) is 3.31. The highest BCUT2D eigenvalue weighted by atomic mass is 35.5. The van der Waals surface area contributed by atoms with Crippen molar-refractivity contribution in [2.24, 2.45) is 5.92 Å². The molecule has 1 N–H and O–H groups in total. The number of methoxy groups -OCH3 is 1. The van der Waals surface area contributed by atoms with E-state index in [0.717, 1.165) is 44.2 Å². The van der Waals surface area contributed by atoms with Gasteiger partial charge in [0.25, 0.3) is 0 Å². The van der Waals surface area contributed by atoms with Crippen LogP contribution in [0.2, 0.25) is 5.02 Å². The van der Waals surface area contributed by atoms with Crippen LogP contribution in [0.15, 0.2) is 24.3 Å². The van der Waals surface area contributed by atoms with Crippen LogP contribution in [-0.4, -0.2) is 39.5 Å². The molecule has 0 heterocycles. The van der Waals surface area contributed by atoms with Crippen LogP contribution >= 0.6 is 11.6 Å². The Kier molecular flexibility index (Phi) is 9.68. The van der Waals surface area contributed by atoms with Crippen molar-refractivity contribution in [2.75, 3.05) is 33.4 Å². The van der Waals surface area contributed by atoms with Gasteiger partial charge in [0.15, 0.2) is 0 Å². The molecule has 0 radical (unpaired) electrons. The number of hydrogen-bond donors (Lipinski definition) is 1. The Bertz CT molecular complexity index is 385. The largest absolute Gasteiger partial charge is 0.383 e. The van der Waals surface area contributed by atoms with Crippen LogP contribution in [-0.2, 0) is 15.9 Å². The van der Waals surface area contributed by atoms with Crippen LogP contribution in [0.25, 0.3) is 0 Å². The van der Waals surface area contributed by atoms with Gasteiger partial charge in [-0.05, 0) is 56.8 Å². The first-order valence-electron chi connectivity index (χ1n) is 7.67. The summed E-state index contributed by atoms with van der Waals surface area (Å²) in [6.07, 6.45) is 2.35. The first-order chi connectivity index (χ1) is 10.1. The van der Waals surface area contributed by atoms with Crippen molar-refractivity contribution < 1.29 is 9.47 Å². The summed E-state index contributed by atoms with van der Waals surface area (Å²) in [5.74, 6) is 0.541. The van der Waals surface area contributed by atoms with E-state index in [1.165, 1.54) is 5.56 Å². The van der Waals surface area contributed by atoms with Gasteiger partial charge in [0.05, 0.1) is 12.7 Å². The van der Waals surface area contributed by atoms with Crippen molar-refractivity contribution in [3.05, 3.63) is 34.9 Å². The minimum Gasteiger partial charge on any atom is -0.383 e. The van der Waals surface area contributed by atoms with Crippen LogP contribution in [0, 0.1) is 5.92 Å². The van der Waals surface area contributed by atoms with Crippen LogP contribution in [0.3, 0.4) is 0 Å². The molecule has 3 nitrogen and oxygen atoms in total. The number of nitrogens with one attached hydrogen (secondary N) is 1. The average molecular weight is 314 g/mol. The lowest BCUT2D eigenvalue weighted by Gasteiger charge is -2.19. The van der Waals surface area contributed by atoms with E-state index < -0.39 is 0 Å². The summed E-state index contributed by atoms with van der Waals surface area (Å²) in [6.45, 7) is 7.54. The fourth-order valence-corrected chi connectivity index (χ4v) is 2.44. The predicted octanol–water partition coefficient (Wildman–Crippen LogP) is 3.55. The molecule has 1 unspecified atom stereocenters. The predicted molar refractivity (Wildman–Crippen MR) is 89.1 cm³/mol. The molecule has 0 bridgehead atoms. The van der Waals surface area contributed by atoms with Crippen molar-refractivity contribution >= 4 is 11.6 Å². The maximum absolute atomic E-state index is 6.06. The molecule has 0 aromatic heterocycles. The van der Waals surface area contributed by atoms with E-state index in [1.54, 1.807) is 7.11 Å². The minimum atomic E-state index is 0.290. The highest BCUT2D eigenvalue weighted by Gasteiger charge is 2.10. The van der Waals surface area contributed by atoms with Crippen LogP contribution in [0.1, 0.15) is 25.8 Å². The van der Waals surface area contributed by atoms with E-state index in [9.17, 15) is 0 Å². The summed E-state index contributed by atoms with van der Waals surface area (Å²) in [6, 6.07) is 8.11. The molecule has 21 heavy (non-hydrogen) atoms. The quantitative estimate of drug-likeness (QED) is 0.634. The molecular formula is C17H28ClNO2. The van der Waals surface area contributed by atoms with Gasteiger partial charge in [-0.3, -0.25) is 0 Å². The number of rotatable bonds is 11. The molecular weight excluding hydrogens is 286 g/mol. The minimum absolute atomic E-state index is 0.290. The molecule has 0 aliphatic carbocycles. The Labute approximate surface area is 134 Å². The summed E-state index contributed by atoms with van der Waals surface area (Å²) >= 11 is 6.06. The smallest absolute Gasteiger partial charge is 0.0587 e. The molecule has 0 aliphatic rings. The maximum atomic E-state index is 6.06. The van der Waals surface area contributed by atoms with E-state index in [4.69, 9.17) is 21.1 Å². The Morgan fingerprint density at radius 3 is 2.71 bits per heavy atom. The summed E-state index contributed by atoms with van der Waals surface area (Å²) in [7, 11) is 1.72. The Balaban J connectivity index is 2.45. The van der Waals surface area contributed by atoms with E-state index in [0.29, 0.717) is 12.0 Å². The molecule has 0 spiro atoms. The zero-order valence-corrected chi connectivity index (χ0v) is 14.2. The molecule has 0 aliphatic heterocycles. The lowest BCUT2D eigenvalue weighted by Crippen LogP contribution is -2.28. The lowest BCUT2D eigenvalue weighted by molar-refractivity contribution is 0.0681. The van der Waals surface area contributed by atoms with E-state index in [-0.39, 0.29) is 0 Å². The summed E-state index contributed by atoms with van der Waals surface area (Å²) in [5.41, 5.74) is 1.28. The van der Waals surface area contributed by atoms with Gasteiger partial charge in [-0.1, -0.05) is 23.7 Å². The molecule has 4 heteroatoms. The third-order valence-corrected chi connectivity index (χ3v) is 3.54. The molecule has 1 rings (SSSR count). The van der Waals surface area contributed by atoms with Gasteiger partial charge in [-0.15, -0.1) is 0 Å². The summed E-state index contributed by atoms with van der Waals surface area (Å²) in [5, 5.41) is 4.25. The van der Waals surface area contributed by atoms with E-state index in [2.05, 4.69) is 25.2 Å². The van der Waals surface area contributed by atoms with Crippen molar-refractivity contribution in [3.8, 4) is 0 Å². The summed E-state index contributed by atoms with van der Waals surface area (Å²) in [4.78, 5) is 0. The van der Waals surface area contributed by atoms with Crippen LogP contribution in [0.4, 0.5) is 0 Å². The normalized spacial score (nSPS) is 12.8. The Morgan fingerprint density at radius 1 is 1.24 bits per heavy atom. The third kappa shape index (κ3) is 9.10. The molecule has 0 saturated heterocycles. The maximum Gasteiger partial charge on any atom is 0.0587 e. The van der Waals surface area contributed by atoms with Crippen molar-refractivity contribution in [2.45, 2.75) is 32.8 Å². The fourth-order valence-electron chi connectivity index (χ4n) is 2.22. The highest BCUT2D eigenvalue weighted by Crippen LogP contribution is 2.16. The molecule has 1 aromatic carbocycles. The first-order valence-corrected chi connectivity index (χ1v) is 8.05. The monoisotopic (exact) mass is 313 g/mol. The molecule has 0 amide bonds. The first kappa shape index (κ1) is 18.4. The zero-order valence-electron chi connectivity index (χ0n) is 13.4. The zero-order chi connectivity index (χ0) is 15.5. The number of hydrogen-bond acceptors (Lipinski definition) is 3. The van der Waals surface area contributed by atoms with Crippen molar-refractivity contribution in [1.29, 1.82) is 0 Å². The molecule has 120 valence electrons. The SMILES string of the molecule is COCCNCC(CCOC(C)C)Cc1cccc(Cl)c1. The molecule has 1 atom stereocenters. The lowest BCUT2D eigenvalue weighted by atomic mass is 9.96. The van der Waals surface area contributed by atoms with Gasteiger partial charge in [0.1, 0.15) is 0 Å². The average Bonchev–Trinajstić information content (AvgIpc) is 2.43. The second-order valence-electron chi connectivity index (χ2n) is 5.61. The second-order valence-corrected chi connectivity index (χ2v) is 6.04. The topological polar surface area (TPSA) is 30.5 Å². The molecule has 1 aromatic rings. The van der Waals surface area contributed by atoms with Gasteiger partial charge < -0.3 is 14.8 Å². The van der Waals surface area contributed by atoms with Gasteiger partial charge in [-0.2, -0.15) is 0 Å². The van der Waals surface area contributed by atoms with Gasteiger partial charge in [0.2, 0.25) is 0 Å². The highest BCUT2D eigenvalue weighted by molar-refractivity contribution is 6.30. The number of ether oxygens (including phenoxy) is 2. The number of benzene rings is 1. The second kappa shape index (κ2) is 11.0. The van der Waals surface area contributed by atoms with E-state index in [1.807, 2.05) is 18.2 Å². The fraction of sp³-hybridized carbons (Fsp3) is 0.647. The molecule has 0 saturated carbocycles. The number of halogens is 1. The van der Waals surface area contributed by atoms with Gasteiger partial charge >= 0.3 is 0 Å². The van der Waals surface area contributed by atoms with Crippen molar-refractivity contribution in [1.82, 2.24) is 5.32 Å². The van der Waals surface area contributed by atoms with Crippen molar-refractivity contribution in [3.63, 3.8) is 0 Å². The standard InChI is InChI=1S/C17H28ClNO2/c1-14(2)21-9-7-16(13-19-8-10-20-3)11-15-5-4-6-17(18)12-15/h4-6,12,14,16,19H,7-11,13H2,1-3H3.